The number of rotatable bonds is 4. The maximum atomic E-state index is 13.6. The molecule has 2 aliphatic rings. The second-order valence-corrected chi connectivity index (χ2v) is 8.56. The number of carbonyl (C=O) groups excluding carboxylic acids is 2. The molecular formula is C24H26N4O2. The Morgan fingerprint density at radius 1 is 1.03 bits per heavy atom. The van der Waals surface area contributed by atoms with Gasteiger partial charge in [-0.2, -0.15) is 0 Å². The van der Waals surface area contributed by atoms with Crippen LogP contribution in [0.4, 0.5) is 4.79 Å². The van der Waals surface area contributed by atoms with E-state index in [0.717, 1.165) is 28.6 Å². The first-order valence-electron chi connectivity index (χ1n) is 10.4. The maximum Gasteiger partial charge on any atom is 0.325 e. The number of urea groups is 1. The summed E-state index contributed by atoms with van der Waals surface area (Å²) in [6, 6.07) is 17.9. The minimum absolute atomic E-state index is 0.0909. The normalized spacial score (nSPS) is 24.3. The van der Waals surface area contributed by atoms with Crippen LogP contribution >= 0.6 is 0 Å². The van der Waals surface area contributed by atoms with Crippen molar-refractivity contribution in [3.63, 3.8) is 0 Å². The first kappa shape index (κ1) is 18.9. The number of aromatic nitrogens is 1. The molecule has 3 amide bonds. The van der Waals surface area contributed by atoms with E-state index in [9.17, 15) is 9.59 Å². The van der Waals surface area contributed by atoms with Gasteiger partial charge in [-0.1, -0.05) is 48.5 Å². The van der Waals surface area contributed by atoms with Crippen molar-refractivity contribution in [1.29, 1.82) is 0 Å². The van der Waals surface area contributed by atoms with Gasteiger partial charge in [0.1, 0.15) is 5.54 Å². The third kappa shape index (κ3) is 2.82. The average molecular weight is 402 g/mol. The van der Waals surface area contributed by atoms with Crippen molar-refractivity contribution in [3.05, 3.63) is 71.9 Å². The second kappa shape index (κ2) is 6.99. The van der Waals surface area contributed by atoms with Crippen LogP contribution in [0.1, 0.15) is 17.0 Å². The zero-order chi connectivity index (χ0) is 20.9. The van der Waals surface area contributed by atoms with Crippen molar-refractivity contribution in [2.75, 3.05) is 26.7 Å². The van der Waals surface area contributed by atoms with Gasteiger partial charge >= 0.3 is 6.03 Å². The maximum absolute atomic E-state index is 13.6. The van der Waals surface area contributed by atoms with Crippen LogP contribution in [0.3, 0.4) is 0 Å². The SMILES string of the molecule is CN1C[C@@H](c2cn(C)c3ccccc23)[C@]2(C1)NC(=O)N(CCc1ccccc1)C2=O. The van der Waals surface area contributed by atoms with Crippen molar-refractivity contribution in [3.8, 4) is 0 Å². The molecule has 0 bridgehead atoms. The molecule has 2 atom stereocenters. The molecule has 30 heavy (non-hydrogen) atoms. The Morgan fingerprint density at radius 2 is 1.77 bits per heavy atom. The Morgan fingerprint density at radius 3 is 2.57 bits per heavy atom. The zero-order valence-electron chi connectivity index (χ0n) is 17.3. The lowest BCUT2D eigenvalue weighted by atomic mass is 9.81. The molecule has 2 aliphatic heterocycles. The third-order valence-corrected chi connectivity index (χ3v) is 6.58. The number of hydrogen-bond acceptors (Lipinski definition) is 3. The first-order chi connectivity index (χ1) is 14.5. The van der Waals surface area contributed by atoms with Gasteiger partial charge in [-0.25, -0.2) is 4.79 Å². The highest BCUT2D eigenvalue weighted by atomic mass is 16.2. The van der Waals surface area contributed by atoms with Crippen molar-refractivity contribution in [2.45, 2.75) is 17.9 Å². The van der Waals surface area contributed by atoms with Crippen LogP contribution in [0.5, 0.6) is 0 Å². The van der Waals surface area contributed by atoms with Crippen LogP contribution in [-0.2, 0) is 18.3 Å². The summed E-state index contributed by atoms with van der Waals surface area (Å²) in [5, 5.41) is 4.25. The molecule has 6 heteroatoms. The summed E-state index contributed by atoms with van der Waals surface area (Å²) in [5.41, 5.74) is 2.46. The zero-order valence-corrected chi connectivity index (χ0v) is 17.3. The number of nitrogens with zero attached hydrogens (tertiary/aromatic N) is 3. The summed E-state index contributed by atoms with van der Waals surface area (Å²) >= 11 is 0. The Hall–Kier alpha value is -3.12. The van der Waals surface area contributed by atoms with Crippen molar-refractivity contribution in [2.24, 2.45) is 7.05 Å². The number of likely N-dealkylation sites (tertiary alicyclic amines) is 1. The minimum atomic E-state index is -0.910. The molecule has 3 aromatic rings. The lowest BCUT2D eigenvalue weighted by molar-refractivity contribution is -0.131. The predicted molar refractivity (Wildman–Crippen MR) is 116 cm³/mol. The number of imide groups is 1. The molecule has 2 aromatic carbocycles. The highest BCUT2D eigenvalue weighted by Crippen LogP contribution is 2.42. The number of aryl methyl sites for hydroxylation is 1. The lowest BCUT2D eigenvalue weighted by Crippen LogP contribution is -2.52. The number of carbonyl (C=O) groups is 2. The summed E-state index contributed by atoms with van der Waals surface area (Å²) in [5.74, 6) is -0.197. The van der Waals surface area contributed by atoms with E-state index in [1.807, 2.05) is 56.6 Å². The van der Waals surface area contributed by atoms with Gasteiger partial charge < -0.3 is 14.8 Å². The van der Waals surface area contributed by atoms with Crippen LogP contribution in [-0.4, -0.2) is 58.5 Å². The number of fused-ring (bicyclic) bond motifs is 1. The molecular weight excluding hydrogens is 376 g/mol. The molecule has 1 aromatic heterocycles. The van der Waals surface area contributed by atoms with E-state index in [-0.39, 0.29) is 17.9 Å². The van der Waals surface area contributed by atoms with Crippen molar-refractivity contribution in [1.82, 2.24) is 19.7 Å². The van der Waals surface area contributed by atoms with Gasteiger partial charge in [0.05, 0.1) is 0 Å². The van der Waals surface area contributed by atoms with Crippen LogP contribution < -0.4 is 5.32 Å². The highest BCUT2D eigenvalue weighted by Gasteiger charge is 2.60. The van der Waals surface area contributed by atoms with Gasteiger partial charge in [-0.3, -0.25) is 9.69 Å². The standard InChI is InChI=1S/C24H26N4O2/c1-26-15-20(19-14-27(2)21-11-7-6-10-18(19)21)24(16-26)22(29)28(23(30)25-24)13-12-17-8-4-3-5-9-17/h3-11,14,20H,12-13,15-16H2,1-2H3,(H,25,30)/t20-,24-/m0/s1. The number of likely N-dealkylation sites (N-methyl/N-ethyl adjacent to an activating group) is 1. The fourth-order valence-corrected chi connectivity index (χ4v) is 5.16. The fraction of sp³-hybridized carbons (Fsp3) is 0.333. The smallest absolute Gasteiger partial charge is 0.325 e. The van der Waals surface area contributed by atoms with Gasteiger partial charge in [-0.05, 0) is 30.7 Å². The van der Waals surface area contributed by atoms with Gasteiger partial charge in [0, 0.05) is 49.7 Å². The molecule has 6 nitrogen and oxygen atoms in total. The summed E-state index contributed by atoms with van der Waals surface area (Å²) in [7, 11) is 4.04. The van der Waals surface area contributed by atoms with Gasteiger partial charge in [-0.15, -0.1) is 0 Å². The minimum Gasteiger partial charge on any atom is -0.350 e. The number of benzene rings is 2. The van der Waals surface area contributed by atoms with E-state index in [1.165, 1.54) is 4.90 Å². The molecule has 1 N–H and O–H groups in total. The Kier molecular flexibility index (Phi) is 4.40. The van der Waals surface area contributed by atoms with Crippen molar-refractivity contribution >= 4 is 22.8 Å². The van der Waals surface area contributed by atoms with Crippen LogP contribution in [0.2, 0.25) is 0 Å². The highest BCUT2D eigenvalue weighted by molar-refractivity contribution is 6.08. The molecule has 2 saturated heterocycles. The molecule has 0 radical (unpaired) electrons. The van der Waals surface area contributed by atoms with E-state index in [1.54, 1.807) is 0 Å². The molecule has 3 heterocycles. The van der Waals surface area contributed by atoms with Crippen LogP contribution in [0.25, 0.3) is 10.9 Å². The van der Waals surface area contributed by atoms with Gasteiger partial charge in [0.15, 0.2) is 0 Å². The third-order valence-electron chi connectivity index (χ3n) is 6.58. The largest absolute Gasteiger partial charge is 0.350 e. The summed E-state index contributed by atoms with van der Waals surface area (Å²) in [6.45, 7) is 1.64. The number of hydrogen-bond donors (Lipinski definition) is 1. The molecule has 154 valence electrons. The molecule has 5 rings (SSSR count). The van der Waals surface area contributed by atoms with Crippen molar-refractivity contribution < 1.29 is 9.59 Å². The first-order valence-corrected chi connectivity index (χ1v) is 10.4. The van der Waals surface area contributed by atoms with Gasteiger partial charge in [0.2, 0.25) is 0 Å². The van der Waals surface area contributed by atoms with E-state index in [2.05, 4.69) is 33.1 Å². The summed E-state index contributed by atoms with van der Waals surface area (Å²) < 4.78 is 2.10. The Bertz CT molecular complexity index is 1120. The van der Waals surface area contributed by atoms with E-state index in [4.69, 9.17) is 0 Å². The average Bonchev–Trinajstić information content (AvgIpc) is 3.33. The fourth-order valence-electron chi connectivity index (χ4n) is 5.16. The molecule has 1 spiro atoms. The van der Waals surface area contributed by atoms with Crippen LogP contribution in [0, 0.1) is 0 Å². The van der Waals surface area contributed by atoms with E-state index < -0.39 is 5.54 Å². The topological polar surface area (TPSA) is 57.6 Å². The predicted octanol–water partition coefficient (Wildman–Crippen LogP) is 2.74. The summed E-state index contributed by atoms with van der Waals surface area (Å²) in [4.78, 5) is 30.1. The quantitative estimate of drug-likeness (QED) is 0.683. The molecule has 2 fully saturated rings. The van der Waals surface area contributed by atoms with E-state index in [0.29, 0.717) is 19.5 Å². The Labute approximate surface area is 176 Å². The van der Waals surface area contributed by atoms with Gasteiger partial charge in [0.25, 0.3) is 5.91 Å². The Balaban J connectivity index is 1.49. The molecule has 0 aliphatic carbocycles. The summed E-state index contributed by atoms with van der Waals surface area (Å²) in [6.07, 6.45) is 2.77. The van der Waals surface area contributed by atoms with E-state index >= 15 is 0 Å². The molecule has 0 unspecified atom stereocenters. The number of para-hydroxylation sites is 1. The van der Waals surface area contributed by atoms with Crippen LogP contribution in [0.15, 0.2) is 60.8 Å². The number of nitrogens with one attached hydrogen (secondary N) is 1. The number of amides is 3. The second-order valence-electron chi connectivity index (χ2n) is 8.56. The monoisotopic (exact) mass is 402 g/mol. The molecule has 0 saturated carbocycles. The lowest BCUT2D eigenvalue weighted by Gasteiger charge is -2.27.